The van der Waals surface area contributed by atoms with Gasteiger partial charge >= 0.3 is 11.7 Å². The molecule has 2 aromatic heterocycles. The Hall–Kier alpha value is -2.91. The molecule has 0 bridgehead atoms. The fraction of sp³-hybridized carbons (Fsp3) is 0.611. The maximum atomic E-state index is 12.7. The lowest BCUT2D eigenvalue weighted by Crippen LogP contribution is -2.38. The molecule has 1 saturated heterocycles. The Kier molecular flexibility index (Phi) is 4.16. The van der Waals surface area contributed by atoms with Gasteiger partial charge in [-0.25, -0.2) is 9.78 Å². The molecule has 0 unspecified atom stereocenters. The summed E-state index contributed by atoms with van der Waals surface area (Å²) in [6.45, 7) is 0.975. The van der Waals surface area contributed by atoms with Gasteiger partial charge in [0.1, 0.15) is 0 Å². The molecular formula is C18H23N5O5. The average Bonchev–Trinajstić information content (AvgIpc) is 3.34. The van der Waals surface area contributed by atoms with Crippen molar-refractivity contribution in [1.82, 2.24) is 23.6 Å². The van der Waals surface area contributed by atoms with E-state index in [0.717, 1.165) is 17.4 Å². The molecule has 150 valence electrons. The number of aromatic nitrogens is 4. The Morgan fingerprint density at radius 3 is 2.71 bits per heavy atom. The summed E-state index contributed by atoms with van der Waals surface area (Å²) in [5.74, 6) is -0.918. The normalized spacial score (nSPS) is 24.1. The van der Waals surface area contributed by atoms with E-state index in [0.29, 0.717) is 13.0 Å². The molecule has 1 aliphatic carbocycles. The van der Waals surface area contributed by atoms with Gasteiger partial charge in [-0.3, -0.25) is 23.5 Å². The first-order valence-electron chi connectivity index (χ1n) is 9.38. The lowest BCUT2D eigenvalue weighted by molar-refractivity contribution is -0.149. The van der Waals surface area contributed by atoms with Crippen molar-refractivity contribution < 1.29 is 14.7 Å². The molecule has 1 aliphatic heterocycles. The predicted octanol–water partition coefficient (Wildman–Crippen LogP) is -0.463. The van der Waals surface area contributed by atoms with Crippen molar-refractivity contribution in [2.24, 2.45) is 25.4 Å². The Morgan fingerprint density at radius 1 is 1.29 bits per heavy atom. The zero-order valence-corrected chi connectivity index (χ0v) is 15.9. The fourth-order valence-corrected chi connectivity index (χ4v) is 4.77. The van der Waals surface area contributed by atoms with E-state index in [2.05, 4.69) is 4.98 Å². The minimum absolute atomic E-state index is 0.0184. The van der Waals surface area contributed by atoms with Crippen molar-refractivity contribution in [3.05, 3.63) is 27.2 Å². The second-order valence-electron chi connectivity index (χ2n) is 7.89. The summed E-state index contributed by atoms with van der Waals surface area (Å²) in [5, 5.41) is 9.66. The molecule has 28 heavy (non-hydrogen) atoms. The number of nitrogens with zero attached hydrogens (tertiary/aromatic N) is 5. The second-order valence-corrected chi connectivity index (χ2v) is 7.89. The molecule has 10 heteroatoms. The summed E-state index contributed by atoms with van der Waals surface area (Å²) in [4.78, 5) is 54.7. The standard InChI is InChI=1S/C18H23N5O5/c1-20-14-13(15(25)21(2)17(20)28)22(10-19-14)7-5-12(24)23-8-11-4-3-6-18(11,9-23)16(26)27/h10-11H,3-9H2,1-2H3,(H,26,27)/t11-,18+/m0/s1. The molecule has 1 saturated carbocycles. The van der Waals surface area contributed by atoms with Crippen molar-refractivity contribution in [1.29, 1.82) is 0 Å². The third-order valence-electron chi connectivity index (χ3n) is 6.43. The summed E-state index contributed by atoms with van der Waals surface area (Å²) >= 11 is 0. The van der Waals surface area contributed by atoms with Crippen molar-refractivity contribution in [2.45, 2.75) is 32.2 Å². The molecule has 4 rings (SSSR count). The minimum Gasteiger partial charge on any atom is -0.481 e. The molecular weight excluding hydrogens is 366 g/mol. The van der Waals surface area contributed by atoms with Crippen LogP contribution in [0.15, 0.2) is 15.9 Å². The van der Waals surface area contributed by atoms with E-state index >= 15 is 0 Å². The zero-order chi connectivity index (χ0) is 20.2. The number of hydrogen-bond acceptors (Lipinski definition) is 5. The summed E-state index contributed by atoms with van der Waals surface area (Å²) < 4.78 is 3.90. The van der Waals surface area contributed by atoms with Crippen LogP contribution in [0.25, 0.3) is 11.2 Å². The third kappa shape index (κ3) is 2.50. The van der Waals surface area contributed by atoms with Gasteiger partial charge in [0.05, 0.1) is 11.7 Å². The lowest BCUT2D eigenvalue weighted by Gasteiger charge is -2.23. The van der Waals surface area contributed by atoms with Gasteiger partial charge < -0.3 is 14.6 Å². The van der Waals surface area contributed by atoms with Crippen LogP contribution in [0.5, 0.6) is 0 Å². The zero-order valence-electron chi connectivity index (χ0n) is 15.9. The number of carboxylic acid groups (broad SMARTS) is 1. The number of carbonyl (C=O) groups is 2. The summed E-state index contributed by atoms with van der Waals surface area (Å²) in [5.41, 5.74) is -1.16. The Bertz CT molecular complexity index is 1100. The van der Waals surface area contributed by atoms with Crippen LogP contribution < -0.4 is 11.2 Å². The number of amides is 1. The van der Waals surface area contributed by atoms with Crippen LogP contribution in [0.4, 0.5) is 0 Å². The largest absolute Gasteiger partial charge is 0.481 e. The predicted molar refractivity (Wildman–Crippen MR) is 98.8 cm³/mol. The van der Waals surface area contributed by atoms with Crippen LogP contribution in [0, 0.1) is 11.3 Å². The average molecular weight is 389 g/mol. The molecule has 2 aliphatic rings. The molecule has 1 N–H and O–H groups in total. The van der Waals surface area contributed by atoms with Crippen molar-refractivity contribution in [2.75, 3.05) is 13.1 Å². The van der Waals surface area contributed by atoms with Crippen LogP contribution in [0.1, 0.15) is 25.7 Å². The lowest BCUT2D eigenvalue weighted by atomic mass is 9.81. The van der Waals surface area contributed by atoms with Gasteiger partial charge in [-0.05, 0) is 18.8 Å². The van der Waals surface area contributed by atoms with Gasteiger partial charge in [0.2, 0.25) is 5.91 Å². The van der Waals surface area contributed by atoms with E-state index in [9.17, 15) is 24.3 Å². The second kappa shape index (κ2) is 6.32. The monoisotopic (exact) mass is 389 g/mol. The number of carboxylic acids is 1. The molecule has 1 amide bonds. The number of aliphatic carboxylic acids is 1. The van der Waals surface area contributed by atoms with Crippen LogP contribution in [-0.2, 0) is 30.2 Å². The summed E-state index contributed by atoms with van der Waals surface area (Å²) in [7, 11) is 2.95. The first-order chi connectivity index (χ1) is 13.3. The molecule has 2 fully saturated rings. The number of aryl methyl sites for hydroxylation is 2. The van der Waals surface area contributed by atoms with E-state index in [1.807, 2.05) is 0 Å². The topological polar surface area (TPSA) is 119 Å². The molecule has 2 aromatic rings. The highest BCUT2D eigenvalue weighted by Crippen LogP contribution is 2.48. The van der Waals surface area contributed by atoms with Crippen molar-refractivity contribution in [3.63, 3.8) is 0 Å². The van der Waals surface area contributed by atoms with Crippen LogP contribution in [0.2, 0.25) is 0 Å². The highest BCUT2D eigenvalue weighted by Gasteiger charge is 2.55. The molecule has 10 nitrogen and oxygen atoms in total. The summed E-state index contributed by atoms with van der Waals surface area (Å²) in [6, 6.07) is 0. The Morgan fingerprint density at radius 2 is 2.04 bits per heavy atom. The Balaban J connectivity index is 1.53. The smallest absolute Gasteiger partial charge is 0.332 e. The van der Waals surface area contributed by atoms with Gasteiger partial charge in [-0.2, -0.15) is 0 Å². The van der Waals surface area contributed by atoms with Crippen molar-refractivity contribution >= 4 is 23.0 Å². The Labute approximate surface area is 160 Å². The van der Waals surface area contributed by atoms with Crippen molar-refractivity contribution in [3.8, 4) is 0 Å². The van der Waals surface area contributed by atoms with E-state index in [4.69, 9.17) is 0 Å². The van der Waals surface area contributed by atoms with E-state index < -0.39 is 22.6 Å². The van der Waals surface area contributed by atoms with Crippen LogP contribution >= 0.6 is 0 Å². The maximum absolute atomic E-state index is 12.7. The number of hydrogen-bond donors (Lipinski definition) is 1. The fourth-order valence-electron chi connectivity index (χ4n) is 4.77. The van der Waals surface area contributed by atoms with Crippen LogP contribution in [-0.4, -0.2) is 53.7 Å². The number of fused-ring (bicyclic) bond motifs is 2. The van der Waals surface area contributed by atoms with E-state index in [1.165, 1.54) is 17.9 Å². The number of likely N-dealkylation sites (tertiary alicyclic amines) is 1. The molecule has 0 spiro atoms. The molecule has 0 radical (unpaired) electrons. The van der Waals surface area contributed by atoms with Gasteiger partial charge in [0.15, 0.2) is 11.2 Å². The molecule has 2 atom stereocenters. The van der Waals surface area contributed by atoms with Gasteiger partial charge in [0, 0.05) is 40.2 Å². The number of carbonyl (C=O) groups excluding carboxylic acids is 1. The third-order valence-corrected chi connectivity index (χ3v) is 6.43. The first-order valence-corrected chi connectivity index (χ1v) is 9.38. The SMILES string of the molecule is Cn1c(=O)c2c(ncn2CCC(=O)N2C[C@@H]3CCC[C@@]3(C(=O)O)C2)n(C)c1=O. The number of imidazole rings is 1. The number of rotatable bonds is 4. The van der Waals surface area contributed by atoms with Gasteiger partial charge in [-0.15, -0.1) is 0 Å². The van der Waals surface area contributed by atoms with E-state index in [-0.39, 0.29) is 42.5 Å². The highest BCUT2D eigenvalue weighted by molar-refractivity contribution is 5.81. The van der Waals surface area contributed by atoms with Gasteiger partial charge in [-0.1, -0.05) is 6.42 Å². The molecule has 0 aromatic carbocycles. The quantitative estimate of drug-likeness (QED) is 0.756. The maximum Gasteiger partial charge on any atom is 0.332 e. The first kappa shape index (κ1) is 18.5. The molecule has 3 heterocycles. The highest BCUT2D eigenvalue weighted by atomic mass is 16.4. The van der Waals surface area contributed by atoms with Crippen LogP contribution in [0.3, 0.4) is 0 Å². The minimum atomic E-state index is -0.810. The van der Waals surface area contributed by atoms with E-state index in [1.54, 1.807) is 16.5 Å². The summed E-state index contributed by atoms with van der Waals surface area (Å²) in [6.07, 6.45) is 3.94. The van der Waals surface area contributed by atoms with Gasteiger partial charge in [0.25, 0.3) is 5.56 Å².